The molecule has 0 aliphatic heterocycles. The highest BCUT2D eigenvalue weighted by molar-refractivity contribution is 5.76. The fourth-order valence-electron chi connectivity index (χ4n) is 1.04. The molecule has 0 radical (unpaired) electrons. The molecule has 0 aromatic rings. The molecule has 0 aromatic heterocycles. The Labute approximate surface area is 79.5 Å². The van der Waals surface area contributed by atoms with Gasteiger partial charge >= 0.3 is 0 Å². The topological polar surface area (TPSA) is 75.4 Å². The zero-order valence-electron chi connectivity index (χ0n) is 8.42. The quantitative estimate of drug-likeness (QED) is 0.543. The summed E-state index contributed by atoms with van der Waals surface area (Å²) in [6.07, 6.45) is 1.37. The van der Waals surface area contributed by atoms with Gasteiger partial charge in [-0.25, -0.2) is 0 Å². The summed E-state index contributed by atoms with van der Waals surface area (Å²) in [6.45, 7) is 4.30. The second kappa shape index (κ2) is 6.86. The highest BCUT2D eigenvalue weighted by Crippen LogP contribution is 2.05. The molecule has 0 aromatic carbocycles. The molecule has 0 spiro atoms. The van der Waals surface area contributed by atoms with Crippen LogP contribution in [0.15, 0.2) is 0 Å². The van der Waals surface area contributed by atoms with Crippen molar-refractivity contribution in [1.29, 1.82) is 0 Å². The Morgan fingerprint density at radius 3 is 2.62 bits per heavy atom. The van der Waals surface area contributed by atoms with Crippen LogP contribution >= 0.6 is 0 Å². The van der Waals surface area contributed by atoms with Crippen LogP contribution in [0.3, 0.4) is 0 Å². The van der Waals surface area contributed by atoms with Crippen molar-refractivity contribution in [3.8, 4) is 0 Å². The number of carbonyl (C=O) groups is 1. The summed E-state index contributed by atoms with van der Waals surface area (Å²) in [5.74, 6) is 0.227. The number of hydrogen-bond acceptors (Lipinski definition) is 3. The molecule has 4 N–H and O–H groups in total. The number of aliphatic hydroxyl groups excluding tert-OH is 1. The van der Waals surface area contributed by atoms with E-state index in [9.17, 15) is 4.79 Å². The SMILES string of the molecule is CCC(CN)CC(=O)NC(C)CO. The molecule has 0 rings (SSSR count). The van der Waals surface area contributed by atoms with Gasteiger partial charge in [0.05, 0.1) is 6.61 Å². The van der Waals surface area contributed by atoms with E-state index in [1.165, 1.54) is 0 Å². The zero-order valence-corrected chi connectivity index (χ0v) is 8.42. The average molecular weight is 188 g/mol. The molecular weight excluding hydrogens is 168 g/mol. The third kappa shape index (κ3) is 5.60. The first kappa shape index (κ1) is 12.4. The predicted molar refractivity (Wildman–Crippen MR) is 52.1 cm³/mol. The van der Waals surface area contributed by atoms with E-state index in [1.807, 2.05) is 6.92 Å². The van der Waals surface area contributed by atoms with Crippen molar-refractivity contribution in [3.05, 3.63) is 0 Å². The van der Waals surface area contributed by atoms with Gasteiger partial charge in [0.1, 0.15) is 0 Å². The molecule has 0 bridgehead atoms. The molecule has 0 aliphatic carbocycles. The van der Waals surface area contributed by atoms with Crippen molar-refractivity contribution >= 4 is 5.91 Å². The minimum atomic E-state index is -0.164. The fourth-order valence-corrected chi connectivity index (χ4v) is 1.04. The highest BCUT2D eigenvalue weighted by Gasteiger charge is 2.11. The maximum absolute atomic E-state index is 11.3. The second-order valence-corrected chi connectivity index (χ2v) is 3.37. The van der Waals surface area contributed by atoms with Crippen LogP contribution in [0.4, 0.5) is 0 Å². The Balaban J connectivity index is 3.72. The zero-order chi connectivity index (χ0) is 10.3. The van der Waals surface area contributed by atoms with Crippen LogP contribution in [0.2, 0.25) is 0 Å². The van der Waals surface area contributed by atoms with E-state index in [-0.39, 0.29) is 24.5 Å². The summed E-state index contributed by atoms with van der Waals surface area (Å²) in [5, 5.41) is 11.4. The minimum absolute atomic E-state index is 0.0227. The van der Waals surface area contributed by atoms with Gasteiger partial charge in [0.2, 0.25) is 5.91 Å². The lowest BCUT2D eigenvalue weighted by atomic mass is 10.0. The van der Waals surface area contributed by atoms with Crippen molar-refractivity contribution in [2.24, 2.45) is 11.7 Å². The van der Waals surface area contributed by atoms with E-state index in [0.717, 1.165) is 6.42 Å². The third-order valence-electron chi connectivity index (χ3n) is 2.07. The molecular formula is C9H20N2O2. The van der Waals surface area contributed by atoms with Gasteiger partial charge in [-0.1, -0.05) is 13.3 Å². The van der Waals surface area contributed by atoms with Crippen LogP contribution in [0.5, 0.6) is 0 Å². The Bertz CT molecular complexity index is 147. The highest BCUT2D eigenvalue weighted by atomic mass is 16.3. The first-order valence-electron chi connectivity index (χ1n) is 4.74. The largest absolute Gasteiger partial charge is 0.394 e. The first-order chi connectivity index (χ1) is 6.13. The maximum atomic E-state index is 11.3. The number of nitrogens with one attached hydrogen (secondary N) is 1. The van der Waals surface area contributed by atoms with E-state index in [0.29, 0.717) is 13.0 Å². The van der Waals surface area contributed by atoms with E-state index in [4.69, 9.17) is 10.8 Å². The average Bonchev–Trinajstić information content (AvgIpc) is 2.13. The number of amides is 1. The number of rotatable bonds is 6. The monoisotopic (exact) mass is 188 g/mol. The molecule has 4 heteroatoms. The fraction of sp³-hybridized carbons (Fsp3) is 0.889. The number of hydrogen-bond donors (Lipinski definition) is 3. The van der Waals surface area contributed by atoms with E-state index >= 15 is 0 Å². The van der Waals surface area contributed by atoms with Gasteiger partial charge in [-0.05, 0) is 19.4 Å². The van der Waals surface area contributed by atoms with Gasteiger partial charge in [0.15, 0.2) is 0 Å². The van der Waals surface area contributed by atoms with Gasteiger partial charge in [0, 0.05) is 12.5 Å². The lowest BCUT2D eigenvalue weighted by Gasteiger charge is -2.14. The van der Waals surface area contributed by atoms with Crippen LogP contribution in [0.25, 0.3) is 0 Å². The predicted octanol–water partition coefficient (Wildman–Crippen LogP) is -0.142. The van der Waals surface area contributed by atoms with Crippen LogP contribution in [0.1, 0.15) is 26.7 Å². The molecule has 0 saturated carbocycles. The summed E-state index contributed by atoms with van der Waals surface area (Å²) >= 11 is 0. The molecule has 0 saturated heterocycles. The lowest BCUT2D eigenvalue weighted by molar-refractivity contribution is -0.122. The van der Waals surface area contributed by atoms with Crippen molar-refractivity contribution in [2.75, 3.05) is 13.2 Å². The van der Waals surface area contributed by atoms with Gasteiger partial charge in [-0.3, -0.25) is 4.79 Å². The molecule has 0 fully saturated rings. The Morgan fingerprint density at radius 1 is 1.62 bits per heavy atom. The number of aliphatic hydroxyl groups is 1. The molecule has 0 aliphatic rings. The lowest BCUT2D eigenvalue weighted by Crippen LogP contribution is -2.36. The summed E-state index contributed by atoms with van der Waals surface area (Å²) in [5.41, 5.74) is 5.47. The van der Waals surface area contributed by atoms with Crippen molar-refractivity contribution in [1.82, 2.24) is 5.32 Å². The maximum Gasteiger partial charge on any atom is 0.220 e. The van der Waals surface area contributed by atoms with Gasteiger partial charge in [-0.15, -0.1) is 0 Å². The number of nitrogens with two attached hydrogens (primary N) is 1. The van der Waals surface area contributed by atoms with Crippen molar-refractivity contribution in [2.45, 2.75) is 32.7 Å². The van der Waals surface area contributed by atoms with Gasteiger partial charge in [-0.2, -0.15) is 0 Å². The third-order valence-corrected chi connectivity index (χ3v) is 2.07. The molecule has 1 amide bonds. The van der Waals surface area contributed by atoms with Crippen LogP contribution in [-0.4, -0.2) is 30.2 Å². The van der Waals surface area contributed by atoms with Gasteiger partial charge < -0.3 is 16.2 Å². The van der Waals surface area contributed by atoms with Gasteiger partial charge in [0.25, 0.3) is 0 Å². The summed E-state index contributed by atoms with van der Waals surface area (Å²) in [4.78, 5) is 11.3. The Kier molecular flexibility index (Phi) is 6.54. The van der Waals surface area contributed by atoms with Crippen molar-refractivity contribution in [3.63, 3.8) is 0 Å². The molecule has 78 valence electrons. The van der Waals surface area contributed by atoms with Crippen molar-refractivity contribution < 1.29 is 9.90 Å². The second-order valence-electron chi connectivity index (χ2n) is 3.37. The summed E-state index contributed by atoms with van der Waals surface area (Å²) in [6, 6.07) is -0.164. The minimum Gasteiger partial charge on any atom is -0.394 e. The molecule has 13 heavy (non-hydrogen) atoms. The normalized spacial score (nSPS) is 15.1. The Hall–Kier alpha value is -0.610. The smallest absolute Gasteiger partial charge is 0.220 e. The van der Waals surface area contributed by atoms with E-state index < -0.39 is 0 Å². The molecule has 4 nitrogen and oxygen atoms in total. The summed E-state index contributed by atoms with van der Waals surface area (Å²) < 4.78 is 0. The molecule has 0 heterocycles. The molecule has 2 unspecified atom stereocenters. The standard InChI is InChI=1S/C9H20N2O2/c1-3-8(5-10)4-9(13)11-7(2)6-12/h7-8,12H,3-6,10H2,1-2H3,(H,11,13). The van der Waals surface area contributed by atoms with Crippen LogP contribution in [-0.2, 0) is 4.79 Å². The van der Waals surface area contributed by atoms with E-state index in [2.05, 4.69) is 5.32 Å². The van der Waals surface area contributed by atoms with E-state index in [1.54, 1.807) is 6.92 Å². The van der Waals surface area contributed by atoms with Crippen LogP contribution < -0.4 is 11.1 Å². The first-order valence-corrected chi connectivity index (χ1v) is 4.74. The Morgan fingerprint density at radius 2 is 2.23 bits per heavy atom. The number of carbonyl (C=O) groups excluding carboxylic acids is 1. The van der Waals surface area contributed by atoms with Crippen LogP contribution in [0, 0.1) is 5.92 Å². The summed E-state index contributed by atoms with van der Waals surface area (Å²) in [7, 11) is 0. The molecule has 2 atom stereocenters.